The van der Waals surface area contributed by atoms with Gasteiger partial charge in [0.1, 0.15) is 7.05 Å². The van der Waals surface area contributed by atoms with Crippen molar-refractivity contribution in [2.45, 2.75) is 5.16 Å². The van der Waals surface area contributed by atoms with Crippen molar-refractivity contribution in [3.05, 3.63) is 72.3 Å². The first-order chi connectivity index (χ1) is 12.6. The summed E-state index contributed by atoms with van der Waals surface area (Å²) in [6.45, 7) is 0.980. The van der Waals surface area contributed by atoms with Crippen LogP contribution in [0.1, 0.15) is 11.1 Å². The number of pyridine rings is 1. The van der Waals surface area contributed by atoms with E-state index in [0.29, 0.717) is 0 Å². The Morgan fingerprint density at radius 3 is 2.30 bits per heavy atom. The molecule has 0 aliphatic carbocycles. The topological polar surface area (TPSA) is 24.9 Å². The molecule has 0 saturated carbocycles. The van der Waals surface area contributed by atoms with Gasteiger partial charge in [-0.3, -0.25) is 0 Å². The fourth-order valence-corrected chi connectivity index (χ4v) is 3.50. The van der Waals surface area contributed by atoms with Crippen LogP contribution in [0.15, 0.2) is 66.3 Å². The Hall–Kier alpha value is -2.24. The van der Waals surface area contributed by atoms with Crippen molar-refractivity contribution < 1.29 is 17.0 Å². The number of halogens is 1. The summed E-state index contributed by atoms with van der Waals surface area (Å²) in [5.41, 5.74) is 3.64. The van der Waals surface area contributed by atoms with Crippen molar-refractivity contribution in [1.29, 1.82) is 0 Å². The average molecular weight is 401 g/mol. The number of rotatable bonds is 7. The number of benzene rings is 1. The molecule has 2 aromatic heterocycles. The van der Waals surface area contributed by atoms with E-state index in [1.165, 1.54) is 16.8 Å². The standard InChI is InChI=1S/C21H25N4S.ClH/c1-23-13-10-19(11-14-23)5-4-18-6-8-20(9-7-18)24(2)16-17-26-21-22-12-15-25(21)3;/h4-15H,16-17H2,1-3H3;1H/q+1;/p-1. The van der Waals surface area contributed by atoms with E-state index in [0.717, 1.165) is 17.5 Å². The number of aryl methyl sites for hydroxylation is 2. The van der Waals surface area contributed by atoms with E-state index >= 15 is 0 Å². The van der Waals surface area contributed by atoms with Crippen LogP contribution >= 0.6 is 11.8 Å². The highest BCUT2D eigenvalue weighted by Crippen LogP contribution is 2.18. The Kier molecular flexibility index (Phi) is 7.95. The van der Waals surface area contributed by atoms with Gasteiger partial charge < -0.3 is 21.9 Å². The molecule has 3 aromatic rings. The second-order valence-electron chi connectivity index (χ2n) is 6.31. The molecule has 0 unspecified atom stereocenters. The summed E-state index contributed by atoms with van der Waals surface area (Å²) in [6.07, 6.45) is 12.2. The molecule has 0 amide bonds. The van der Waals surface area contributed by atoms with Gasteiger partial charge in [-0.05, 0) is 23.3 Å². The third-order valence-corrected chi connectivity index (χ3v) is 5.28. The zero-order valence-electron chi connectivity index (χ0n) is 15.9. The summed E-state index contributed by atoms with van der Waals surface area (Å²) >= 11 is 1.78. The molecule has 2 heterocycles. The van der Waals surface area contributed by atoms with E-state index in [9.17, 15) is 0 Å². The van der Waals surface area contributed by atoms with Gasteiger partial charge >= 0.3 is 0 Å². The molecule has 0 atom stereocenters. The van der Waals surface area contributed by atoms with E-state index < -0.39 is 0 Å². The van der Waals surface area contributed by atoms with E-state index in [2.05, 4.69) is 82.4 Å². The van der Waals surface area contributed by atoms with Gasteiger partial charge in [0.25, 0.3) is 0 Å². The zero-order chi connectivity index (χ0) is 18.4. The smallest absolute Gasteiger partial charge is 0.169 e. The van der Waals surface area contributed by atoms with E-state index in [-0.39, 0.29) is 12.4 Å². The van der Waals surface area contributed by atoms with Crippen molar-refractivity contribution >= 4 is 29.6 Å². The molecule has 1 aromatic carbocycles. The molecule has 0 radical (unpaired) electrons. The lowest BCUT2D eigenvalue weighted by Crippen LogP contribution is -3.00. The maximum atomic E-state index is 4.35. The van der Waals surface area contributed by atoms with Gasteiger partial charge in [0.15, 0.2) is 17.6 Å². The predicted octanol–water partition coefficient (Wildman–Crippen LogP) is 0.648. The summed E-state index contributed by atoms with van der Waals surface area (Å²) in [5.74, 6) is 1.01. The minimum Gasteiger partial charge on any atom is -1.00 e. The highest BCUT2D eigenvalue weighted by Gasteiger charge is 2.03. The van der Waals surface area contributed by atoms with Gasteiger partial charge in [-0.1, -0.05) is 36.0 Å². The van der Waals surface area contributed by atoms with Gasteiger partial charge in [0, 0.05) is 56.6 Å². The molecule has 0 aliphatic rings. The van der Waals surface area contributed by atoms with E-state index in [4.69, 9.17) is 0 Å². The SMILES string of the molecule is CN(CCSc1nccn1C)c1ccc(/C=C/c2cc[n+](C)cc2)cc1.[Cl-]. The number of imidazole rings is 1. The summed E-state index contributed by atoms with van der Waals surface area (Å²) in [6, 6.07) is 12.9. The van der Waals surface area contributed by atoms with Crippen LogP contribution in [0.25, 0.3) is 12.2 Å². The van der Waals surface area contributed by atoms with Crippen molar-refractivity contribution in [3.8, 4) is 0 Å². The molecule has 4 nitrogen and oxygen atoms in total. The van der Waals surface area contributed by atoms with Crippen LogP contribution in [0.4, 0.5) is 5.69 Å². The first kappa shape index (κ1) is 21.1. The molecule has 0 bridgehead atoms. The molecular weight excluding hydrogens is 376 g/mol. The summed E-state index contributed by atoms with van der Waals surface area (Å²) < 4.78 is 4.09. The Morgan fingerprint density at radius 1 is 1.07 bits per heavy atom. The number of hydrogen-bond donors (Lipinski definition) is 0. The fraction of sp³-hybridized carbons (Fsp3) is 0.238. The van der Waals surface area contributed by atoms with Crippen LogP contribution in [0.3, 0.4) is 0 Å². The quantitative estimate of drug-likeness (QED) is 0.430. The second-order valence-corrected chi connectivity index (χ2v) is 7.37. The lowest BCUT2D eigenvalue weighted by atomic mass is 10.1. The van der Waals surface area contributed by atoms with Crippen LogP contribution in [0.5, 0.6) is 0 Å². The van der Waals surface area contributed by atoms with Crippen LogP contribution in [0, 0.1) is 0 Å². The maximum absolute atomic E-state index is 4.35. The van der Waals surface area contributed by atoms with Crippen molar-refractivity contribution in [3.63, 3.8) is 0 Å². The fourth-order valence-electron chi connectivity index (χ4n) is 2.55. The highest BCUT2D eigenvalue weighted by atomic mass is 35.5. The Morgan fingerprint density at radius 2 is 1.70 bits per heavy atom. The molecule has 0 spiro atoms. The summed E-state index contributed by atoms with van der Waals surface area (Å²) in [7, 11) is 6.19. The van der Waals surface area contributed by atoms with Gasteiger partial charge in [-0.2, -0.15) is 0 Å². The van der Waals surface area contributed by atoms with Crippen LogP contribution in [-0.2, 0) is 14.1 Å². The predicted molar refractivity (Wildman–Crippen MR) is 110 cm³/mol. The summed E-state index contributed by atoms with van der Waals surface area (Å²) in [5, 5.41) is 1.06. The molecular formula is C21H25ClN4S. The van der Waals surface area contributed by atoms with Crippen LogP contribution in [-0.4, -0.2) is 28.9 Å². The number of aromatic nitrogens is 3. The van der Waals surface area contributed by atoms with Crippen molar-refractivity contribution in [2.75, 3.05) is 24.2 Å². The molecule has 0 saturated heterocycles. The van der Waals surface area contributed by atoms with Crippen molar-refractivity contribution in [1.82, 2.24) is 9.55 Å². The minimum atomic E-state index is 0. The number of thioether (sulfide) groups is 1. The number of nitrogens with zero attached hydrogens (tertiary/aromatic N) is 4. The molecule has 3 rings (SSSR count). The first-order valence-corrected chi connectivity index (χ1v) is 9.65. The van der Waals surface area contributed by atoms with E-state index in [1.54, 1.807) is 11.8 Å². The molecule has 142 valence electrons. The minimum absolute atomic E-state index is 0. The molecule has 0 fully saturated rings. The lowest BCUT2D eigenvalue weighted by molar-refractivity contribution is -0.671. The zero-order valence-corrected chi connectivity index (χ0v) is 17.5. The first-order valence-electron chi connectivity index (χ1n) is 8.66. The highest BCUT2D eigenvalue weighted by molar-refractivity contribution is 7.99. The molecule has 0 N–H and O–H groups in total. The van der Waals surface area contributed by atoms with Gasteiger partial charge in [0.2, 0.25) is 0 Å². The summed E-state index contributed by atoms with van der Waals surface area (Å²) in [4.78, 5) is 6.62. The Balaban J connectivity index is 0.00000261. The van der Waals surface area contributed by atoms with Crippen molar-refractivity contribution in [2.24, 2.45) is 14.1 Å². The Labute approximate surface area is 172 Å². The third-order valence-electron chi connectivity index (χ3n) is 4.24. The monoisotopic (exact) mass is 400 g/mol. The maximum Gasteiger partial charge on any atom is 0.169 e. The number of anilines is 1. The molecule has 27 heavy (non-hydrogen) atoms. The van der Waals surface area contributed by atoms with Gasteiger partial charge in [0.05, 0.1) is 0 Å². The van der Waals surface area contributed by atoms with Crippen LogP contribution < -0.4 is 21.9 Å². The average Bonchev–Trinajstić information content (AvgIpc) is 3.06. The second kappa shape index (κ2) is 10.2. The normalized spacial score (nSPS) is 10.8. The van der Waals surface area contributed by atoms with Gasteiger partial charge in [-0.25, -0.2) is 9.55 Å². The molecule has 0 aliphatic heterocycles. The van der Waals surface area contributed by atoms with Crippen LogP contribution in [0.2, 0.25) is 0 Å². The number of hydrogen-bond acceptors (Lipinski definition) is 3. The Bertz CT molecular complexity index is 857. The van der Waals surface area contributed by atoms with E-state index in [1.807, 2.05) is 31.1 Å². The third kappa shape index (κ3) is 6.15. The van der Waals surface area contributed by atoms with Gasteiger partial charge in [-0.15, -0.1) is 0 Å². The molecule has 6 heteroatoms. The largest absolute Gasteiger partial charge is 1.00 e. The lowest BCUT2D eigenvalue weighted by Gasteiger charge is -2.19.